The molecule has 154 valence electrons. The lowest BCUT2D eigenvalue weighted by atomic mass is 10.1. The van der Waals surface area contributed by atoms with Crippen molar-refractivity contribution in [2.45, 2.75) is 30.8 Å². The van der Waals surface area contributed by atoms with Crippen LogP contribution in [0.25, 0.3) is 0 Å². The van der Waals surface area contributed by atoms with E-state index >= 15 is 0 Å². The highest BCUT2D eigenvalue weighted by Gasteiger charge is 2.41. The number of amides is 1. The Morgan fingerprint density at radius 3 is 2.37 bits per heavy atom. The van der Waals surface area contributed by atoms with Crippen molar-refractivity contribution in [3.8, 4) is 6.07 Å². The molecule has 30 heavy (non-hydrogen) atoms. The van der Waals surface area contributed by atoms with Gasteiger partial charge in [-0.25, -0.2) is 9.37 Å². The minimum absolute atomic E-state index is 0.0548. The first-order valence-corrected chi connectivity index (χ1v) is 9.64. The largest absolute Gasteiger partial charge is 0.347 e. The molecule has 0 aliphatic carbocycles. The molecular formula is C22H19F3N4O. The van der Waals surface area contributed by atoms with Crippen molar-refractivity contribution in [3.05, 3.63) is 71.7 Å². The van der Waals surface area contributed by atoms with E-state index in [-0.39, 0.29) is 17.6 Å². The fourth-order valence-electron chi connectivity index (χ4n) is 4.11. The normalized spacial score (nSPS) is 21.1. The molecule has 2 aliphatic rings. The molecule has 1 aromatic carbocycles. The molecule has 8 heteroatoms. The highest BCUT2D eigenvalue weighted by Crippen LogP contribution is 2.34. The summed E-state index contributed by atoms with van der Waals surface area (Å²) >= 11 is 0. The van der Waals surface area contributed by atoms with Gasteiger partial charge >= 0.3 is 0 Å². The molecule has 3 heterocycles. The lowest BCUT2D eigenvalue weighted by Gasteiger charge is -2.41. The number of carbonyl (C=O) groups excluding carboxylic acids is 1. The third kappa shape index (κ3) is 3.88. The van der Waals surface area contributed by atoms with Crippen LogP contribution in [-0.4, -0.2) is 41.0 Å². The Balaban J connectivity index is 1.44. The topological polar surface area (TPSA) is 60.2 Å². The average molecular weight is 412 g/mol. The molecule has 0 N–H and O–H groups in total. The van der Waals surface area contributed by atoms with Gasteiger partial charge in [0.25, 0.3) is 5.92 Å². The van der Waals surface area contributed by atoms with E-state index < -0.39 is 17.6 Å². The minimum Gasteiger partial charge on any atom is -0.347 e. The molecule has 0 spiro atoms. The van der Waals surface area contributed by atoms with Crippen LogP contribution in [0.15, 0.2) is 54.7 Å². The number of benzene rings is 1. The standard InChI is InChI=1S/C22H19F3N4O/c23-17-4-2-16(3-5-17)22(24,25)10-9-21(30)28-13-18-6-7-19(14-28)29(18)20-8-1-15(11-26)12-27-20/h1-5,8-10,12,18-19H,6-7,13-14H2/b10-9+. The summed E-state index contributed by atoms with van der Waals surface area (Å²) in [5.41, 5.74) is 0.108. The van der Waals surface area contributed by atoms with Gasteiger partial charge in [-0.3, -0.25) is 4.79 Å². The van der Waals surface area contributed by atoms with Gasteiger partial charge in [-0.05, 0) is 55.3 Å². The van der Waals surface area contributed by atoms with Crippen LogP contribution in [0, 0.1) is 17.1 Å². The number of nitrogens with zero attached hydrogens (tertiary/aromatic N) is 4. The predicted molar refractivity (Wildman–Crippen MR) is 104 cm³/mol. The monoisotopic (exact) mass is 412 g/mol. The highest BCUT2D eigenvalue weighted by molar-refractivity contribution is 5.88. The first kappa shape index (κ1) is 20.0. The molecule has 1 amide bonds. The average Bonchev–Trinajstić information content (AvgIpc) is 3.01. The number of allylic oxidation sites excluding steroid dienone is 1. The van der Waals surface area contributed by atoms with Gasteiger partial charge in [0.15, 0.2) is 0 Å². The molecule has 0 radical (unpaired) electrons. The zero-order valence-electron chi connectivity index (χ0n) is 16.0. The van der Waals surface area contributed by atoms with Crippen LogP contribution >= 0.6 is 0 Å². The Bertz CT molecular complexity index is 985. The number of pyridine rings is 1. The molecule has 5 nitrogen and oxygen atoms in total. The van der Waals surface area contributed by atoms with E-state index in [1.165, 1.54) is 6.20 Å². The summed E-state index contributed by atoms with van der Waals surface area (Å²) in [7, 11) is 0. The highest BCUT2D eigenvalue weighted by atomic mass is 19.3. The first-order chi connectivity index (χ1) is 14.4. The van der Waals surface area contributed by atoms with Crippen molar-refractivity contribution in [1.29, 1.82) is 5.26 Å². The third-order valence-corrected chi connectivity index (χ3v) is 5.60. The number of carbonyl (C=O) groups is 1. The van der Waals surface area contributed by atoms with E-state index in [4.69, 9.17) is 5.26 Å². The zero-order chi connectivity index (χ0) is 21.3. The number of nitriles is 1. The summed E-state index contributed by atoms with van der Waals surface area (Å²) < 4.78 is 41.6. The van der Waals surface area contributed by atoms with Gasteiger partial charge in [-0.1, -0.05) is 0 Å². The quantitative estimate of drug-likeness (QED) is 0.720. The maximum atomic E-state index is 14.3. The van der Waals surface area contributed by atoms with Crippen molar-refractivity contribution >= 4 is 11.7 Å². The van der Waals surface area contributed by atoms with Gasteiger partial charge in [-0.2, -0.15) is 14.0 Å². The summed E-state index contributed by atoms with van der Waals surface area (Å²) in [6.07, 6.45) is 4.75. The van der Waals surface area contributed by atoms with Crippen LogP contribution < -0.4 is 4.90 Å². The summed E-state index contributed by atoms with van der Waals surface area (Å²) in [6.45, 7) is 0.840. The number of hydrogen-bond acceptors (Lipinski definition) is 4. The molecule has 2 aliphatic heterocycles. The van der Waals surface area contributed by atoms with Crippen LogP contribution in [-0.2, 0) is 10.7 Å². The Morgan fingerprint density at radius 1 is 1.13 bits per heavy atom. The Labute approximate surface area is 172 Å². The lowest BCUT2D eigenvalue weighted by Crippen LogP contribution is -2.55. The SMILES string of the molecule is N#Cc1ccc(N2C3CCC2CN(C(=O)/C=C/C(F)(F)c2ccc(F)cc2)C3)nc1. The van der Waals surface area contributed by atoms with Crippen LogP contribution in [0.4, 0.5) is 19.0 Å². The summed E-state index contributed by atoms with van der Waals surface area (Å²) in [5, 5.41) is 8.92. The van der Waals surface area contributed by atoms with Gasteiger partial charge in [-0.15, -0.1) is 0 Å². The molecule has 2 atom stereocenters. The molecule has 4 rings (SSSR count). The Morgan fingerprint density at radius 2 is 1.80 bits per heavy atom. The molecule has 2 aromatic rings. The molecular weight excluding hydrogens is 393 g/mol. The number of anilines is 1. The van der Waals surface area contributed by atoms with Crippen molar-refractivity contribution in [2.75, 3.05) is 18.0 Å². The lowest BCUT2D eigenvalue weighted by molar-refractivity contribution is -0.127. The molecule has 0 saturated carbocycles. The number of likely N-dealkylation sites (tertiary alicyclic amines) is 1. The number of aromatic nitrogens is 1. The number of hydrogen-bond donors (Lipinski definition) is 0. The maximum absolute atomic E-state index is 14.3. The summed E-state index contributed by atoms with van der Waals surface area (Å²) in [6, 6.07) is 9.60. The van der Waals surface area contributed by atoms with E-state index in [9.17, 15) is 18.0 Å². The second-order valence-electron chi connectivity index (χ2n) is 7.52. The maximum Gasteiger partial charge on any atom is 0.292 e. The second kappa shape index (κ2) is 7.82. The number of alkyl halides is 2. The predicted octanol–water partition coefficient (Wildman–Crippen LogP) is 3.62. The van der Waals surface area contributed by atoms with Crippen LogP contribution in [0.5, 0.6) is 0 Å². The zero-order valence-corrected chi connectivity index (χ0v) is 16.0. The first-order valence-electron chi connectivity index (χ1n) is 9.64. The van der Waals surface area contributed by atoms with E-state index in [0.29, 0.717) is 24.7 Å². The van der Waals surface area contributed by atoms with Crippen LogP contribution in [0.3, 0.4) is 0 Å². The fourth-order valence-corrected chi connectivity index (χ4v) is 4.11. The summed E-state index contributed by atoms with van der Waals surface area (Å²) in [4.78, 5) is 20.6. The van der Waals surface area contributed by atoms with Crippen molar-refractivity contribution in [1.82, 2.24) is 9.88 Å². The fraction of sp³-hybridized carbons (Fsp3) is 0.318. The Kier molecular flexibility index (Phi) is 5.20. The summed E-state index contributed by atoms with van der Waals surface area (Å²) in [5.74, 6) is -3.68. The van der Waals surface area contributed by atoms with E-state index in [2.05, 4.69) is 9.88 Å². The van der Waals surface area contributed by atoms with E-state index in [1.807, 2.05) is 6.07 Å². The number of fused-ring (bicyclic) bond motifs is 2. The van der Waals surface area contributed by atoms with Crippen LogP contribution in [0.2, 0.25) is 0 Å². The molecule has 1 aromatic heterocycles. The van der Waals surface area contributed by atoms with E-state index in [1.54, 1.807) is 17.0 Å². The molecule has 2 fully saturated rings. The number of rotatable bonds is 4. The van der Waals surface area contributed by atoms with Gasteiger partial charge in [0.1, 0.15) is 17.7 Å². The number of halogens is 3. The third-order valence-electron chi connectivity index (χ3n) is 5.60. The van der Waals surface area contributed by atoms with Crippen molar-refractivity contribution in [3.63, 3.8) is 0 Å². The smallest absolute Gasteiger partial charge is 0.292 e. The number of piperazine rings is 1. The Hall–Kier alpha value is -3.34. The van der Waals surface area contributed by atoms with Gasteiger partial charge in [0.2, 0.25) is 5.91 Å². The molecule has 2 saturated heterocycles. The minimum atomic E-state index is -3.36. The molecule has 2 bridgehead atoms. The van der Waals surface area contributed by atoms with Crippen LogP contribution in [0.1, 0.15) is 24.0 Å². The van der Waals surface area contributed by atoms with Gasteiger partial charge in [0, 0.05) is 43.0 Å². The second-order valence-corrected chi connectivity index (χ2v) is 7.52. The van der Waals surface area contributed by atoms with Gasteiger partial charge < -0.3 is 9.80 Å². The van der Waals surface area contributed by atoms with Gasteiger partial charge in [0.05, 0.1) is 5.56 Å². The molecule has 2 unspecified atom stereocenters. The van der Waals surface area contributed by atoms with Crippen molar-refractivity contribution in [2.24, 2.45) is 0 Å². The van der Waals surface area contributed by atoms with Crippen molar-refractivity contribution < 1.29 is 18.0 Å². The van der Waals surface area contributed by atoms with E-state index in [0.717, 1.165) is 49.0 Å².